The van der Waals surface area contributed by atoms with Crippen molar-refractivity contribution in [2.75, 3.05) is 6.54 Å². The van der Waals surface area contributed by atoms with E-state index in [1.165, 1.54) is 0 Å². The van der Waals surface area contributed by atoms with Crippen molar-refractivity contribution in [1.82, 2.24) is 20.1 Å². The van der Waals surface area contributed by atoms with Crippen LogP contribution in [0.4, 0.5) is 0 Å². The fourth-order valence-corrected chi connectivity index (χ4v) is 2.51. The van der Waals surface area contributed by atoms with Crippen LogP contribution in [0.2, 0.25) is 0 Å². The summed E-state index contributed by atoms with van der Waals surface area (Å²) in [6.45, 7) is 11.1. The Labute approximate surface area is 132 Å². The van der Waals surface area contributed by atoms with Gasteiger partial charge in [0, 0.05) is 19.3 Å². The number of nitrogens with zero attached hydrogens (tertiary/aromatic N) is 3. The zero-order valence-corrected chi connectivity index (χ0v) is 14.4. The van der Waals surface area contributed by atoms with Gasteiger partial charge in [-0.2, -0.15) is 5.10 Å². The molecular weight excluding hydrogens is 276 g/mol. The van der Waals surface area contributed by atoms with Crippen LogP contribution in [0.1, 0.15) is 61.8 Å². The van der Waals surface area contributed by atoms with Crippen molar-refractivity contribution in [3.05, 3.63) is 23.0 Å². The molecule has 2 heterocycles. The van der Waals surface area contributed by atoms with Crippen LogP contribution in [0, 0.1) is 12.8 Å². The minimum Gasteiger partial charge on any atom is -0.352 e. The van der Waals surface area contributed by atoms with E-state index in [-0.39, 0.29) is 11.8 Å². The molecule has 0 aliphatic heterocycles. The summed E-state index contributed by atoms with van der Waals surface area (Å²) in [6, 6.07) is 1.91. The van der Waals surface area contributed by atoms with Gasteiger partial charge >= 0.3 is 0 Å². The molecule has 0 saturated heterocycles. The van der Waals surface area contributed by atoms with E-state index in [1.807, 2.05) is 20.0 Å². The van der Waals surface area contributed by atoms with Crippen LogP contribution in [0.15, 0.2) is 6.07 Å². The maximum atomic E-state index is 12.6. The number of carbonyl (C=O) groups excluding carboxylic acids is 1. The molecule has 0 radical (unpaired) electrons. The van der Waals surface area contributed by atoms with Crippen molar-refractivity contribution in [3.8, 4) is 0 Å². The standard InChI is InChI=1S/C17H26N4O/c1-10(2)7-8-18-17(22)13-9-14(11(3)4)19-16-15(13)12(5)20-21(16)6/h9-11H,7-8H2,1-6H3,(H,18,22). The van der Waals surface area contributed by atoms with Gasteiger partial charge in [-0.25, -0.2) is 4.98 Å². The molecule has 0 spiro atoms. The zero-order chi connectivity index (χ0) is 16.4. The molecule has 1 N–H and O–H groups in total. The van der Waals surface area contributed by atoms with Crippen LogP contribution in [0.5, 0.6) is 0 Å². The second-order valence-corrected chi connectivity index (χ2v) is 6.60. The van der Waals surface area contributed by atoms with Gasteiger partial charge in [0.15, 0.2) is 5.65 Å². The molecule has 5 heteroatoms. The van der Waals surface area contributed by atoms with Crippen molar-refractivity contribution in [2.24, 2.45) is 13.0 Å². The molecule has 0 aromatic carbocycles. The Morgan fingerprint density at radius 2 is 2.00 bits per heavy atom. The molecule has 0 saturated carbocycles. The molecule has 5 nitrogen and oxygen atoms in total. The summed E-state index contributed by atoms with van der Waals surface area (Å²) in [5, 5.41) is 8.29. The third kappa shape index (κ3) is 3.29. The number of fused-ring (bicyclic) bond motifs is 1. The van der Waals surface area contributed by atoms with Crippen LogP contribution < -0.4 is 5.32 Å². The van der Waals surface area contributed by atoms with Crippen molar-refractivity contribution in [1.29, 1.82) is 0 Å². The number of aryl methyl sites for hydroxylation is 2. The van der Waals surface area contributed by atoms with Crippen molar-refractivity contribution >= 4 is 16.9 Å². The monoisotopic (exact) mass is 302 g/mol. The summed E-state index contributed by atoms with van der Waals surface area (Å²) in [6.07, 6.45) is 0.975. The van der Waals surface area contributed by atoms with E-state index in [0.29, 0.717) is 18.0 Å². The van der Waals surface area contributed by atoms with Crippen LogP contribution in [0.25, 0.3) is 11.0 Å². The average molecular weight is 302 g/mol. The average Bonchev–Trinajstić information content (AvgIpc) is 2.72. The third-order valence-corrected chi connectivity index (χ3v) is 3.83. The van der Waals surface area contributed by atoms with Crippen LogP contribution in [0.3, 0.4) is 0 Å². The van der Waals surface area contributed by atoms with Gasteiger partial charge < -0.3 is 5.32 Å². The first-order chi connectivity index (χ1) is 10.3. The Kier molecular flexibility index (Phi) is 4.84. The number of hydrogen-bond acceptors (Lipinski definition) is 3. The lowest BCUT2D eigenvalue weighted by Crippen LogP contribution is -2.26. The number of amides is 1. The highest BCUT2D eigenvalue weighted by Crippen LogP contribution is 2.24. The predicted molar refractivity (Wildman–Crippen MR) is 89.1 cm³/mol. The van der Waals surface area contributed by atoms with Gasteiger partial charge in [-0.05, 0) is 31.2 Å². The van der Waals surface area contributed by atoms with E-state index in [1.54, 1.807) is 4.68 Å². The Morgan fingerprint density at radius 3 is 2.59 bits per heavy atom. The molecule has 0 aliphatic rings. The quantitative estimate of drug-likeness (QED) is 0.923. The Bertz CT molecular complexity index is 686. The fraction of sp³-hybridized carbons (Fsp3) is 0.588. The Hall–Kier alpha value is -1.91. The van der Waals surface area contributed by atoms with Crippen LogP contribution in [-0.2, 0) is 7.05 Å². The molecule has 2 aromatic rings. The fourth-order valence-electron chi connectivity index (χ4n) is 2.51. The predicted octanol–water partition coefficient (Wildman–Crippen LogP) is 3.18. The SMILES string of the molecule is Cc1nn(C)c2nc(C(C)C)cc(C(=O)NCCC(C)C)c12. The van der Waals surface area contributed by atoms with Gasteiger partial charge in [-0.1, -0.05) is 27.7 Å². The normalized spacial score (nSPS) is 11.6. The minimum atomic E-state index is -0.0361. The van der Waals surface area contributed by atoms with Gasteiger partial charge in [-0.3, -0.25) is 9.48 Å². The number of rotatable bonds is 5. The van der Waals surface area contributed by atoms with Crippen molar-refractivity contribution in [3.63, 3.8) is 0 Å². The van der Waals surface area contributed by atoms with Crippen molar-refractivity contribution < 1.29 is 4.79 Å². The summed E-state index contributed by atoms with van der Waals surface area (Å²) in [4.78, 5) is 17.3. The molecule has 2 aromatic heterocycles. The number of hydrogen-bond donors (Lipinski definition) is 1. The maximum Gasteiger partial charge on any atom is 0.252 e. The molecular formula is C17H26N4O. The first-order valence-electron chi connectivity index (χ1n) is 7.93. The Morgan fingerprint density at radius 1 is 1.32 bits per heavy atom. The van der Waals surface area contributed by atoms with Gasteiger partial charge in [-0.15, -0.1) is 0 Å². The lowest BCUT2D eigenvalue weighted by molar-refractivity contribution is 0.0953. The van der Waals surface area contributed by atoms with Gasteiger partial charge in [0.1, 0.15) is 0 Å². The van der Waals surface area contributed by atoms with Crippen LogP contribution >= 0.6 is 0 Å². The molecule has 0 unspecified atom stereocenters. The van der Waals surface area contributed by atoms with E-state index in [4.69, 9.17) is 0 Å². The summed E-state index contributed by atoms with van der Waals surface area (Å²) in [5.74, 6) is 0.803. The van der Waals surface area contributed by atoms with E-state index in [0.717, 1.165) is 28.8 Å². The Balaban J connectivity index is 2.44. The first-order valence-corrected chi connectivity index (χ1v) is 7.93. The van der Waals surface area contributed by atoms with E-state index < -0.39 is 0 Å². The summed E-state index contributed by atoms with van der Waals surface area (Å²) in [5.41, 5.74) is 3.22. The summed E-state index contributed by atoms with van der Waals surface area (Å²) < 4.78 is 1.75. The number of aromatic nitrogens is 3. The topological polar surface area (TPSA) is 59.8 Å². The molecule has 0 bridgehead atoms. The molecule has 2 rings (SSSR count). The molecule has 0 aliphatic carbocycles. The van der Waals surface area contributed by atoms with E-state index in [2.05, 4.69) is 43.1 Å². The molecule has 0 atom stereocenters. The van der Waals surface area contributed by atoms with E-state index in [9.17, 15) is 4.79 Å². The van der Waals surface area contributed by atoms with Gasteiger partial charge in [0.25, 0.3) is 5.91 Å². The lowest BCUT2D eigenvalue weighted by Gasteiger charge is -2.11. The summed E-state index contributed by atoms with van der Waals surface area (Å²) in [7, 11) is 1.87. The third-order valence-electron chi connectivity index (χ3n) is 3.83. The highest BCUT2D eigenvalue weighted by atomic mass is 16.1. The minimum absolute atomic E-state index is 0.0361. The van der Waals surface area contributed by atoms with Crippen molar-refractivity contribution in [2.45, 2.75) is 47.0 Å². The highest BCUT2D eigenvalue weighted by Gasteiger charge is 2.19. The molecule has 120 valence electrons. The lowest BCUT2D eigenvalue weighted by atomic mass is 10.0. The first kappa shape index (κ1) is 16.5. The second kappa shape index (κ2) is 6.46. The summed E-state index contributed by atoms with van der Waals surface area (Å²) >= 11 is 0. The molecule has 1 amide bonds. The van der Waals surface area contributed by atoms with E-state index >= 15 is 0 Å². The largest absolute Gasteiger partial charge is 0.352 e. The van der Waals surface area contributed by atoms with Gasteiger partial charge in [0.2, 0.25) is 0 Å². The smallest absolute Gasteiger partial charge is 0.252 e. The number of pyridine rings is 1. The van der Waals surface area contributed by atoms with Gasteiger partial charge in [0.05, 0.1) is 16.6 Å². The number of nitrogens with one attached hydrogen (secondary N) is 1. The molecule has 0 fully saturated rings. The number of carbonyl (C=O) groups is 1. The maximum absolute atomic E-state index is 12.6. The van der Waals surface area contributed by atoms with Crippen LogP contribution in [-0.4, -0.2) is 27.2 Å². The zero-order valence-electron chi connectivity index (χ0n) is 14.4. The molecule has 22 heavy (non-hydrogen) atoms. The highest BCUT2D eigenvalue weighted by molar-refractivity contribution is 6.06. The second-order valence-electron chi connectivity index (χ2n) is 6.60.